The fourth-order valence-electron chi connectivity index (χ4n) is 1.62. The maximum Gasteiger partial charge on any atom is 0.344 e. The zero-order valence-electron chi connectivity index (χ0n) is 11.7. The molecule has 2 aromatic carbocycles. The van der Waals surface area contributed by atoms with Gasteiger partial charge in [-0.25, -0.2) is 4.79 Å². The summed E-state index contributed by atoms with van der Waals surface area (Å²) in [6.07, 6.45) is 0.742. The normalized spacial score (nSPS) is 12.3. The Kier molecular flexibility index (Phi) is 5.41. The van der Waals surface area contributed by atoms with E-state index < -0.39 is 12.1 Å². The van der Waals surface area contributed by atoms with Crippen LogP contribution >= 0.6 is 23.2 Å². The van der Waals surface area contributed by atoms with Gasteiger partial charge in [-0.1, -0.05) is 29.3 Å². The van der Waals surface area contributed by atoms with E-state index in [0.29, 0.717) is 21.5 Å². The van der Waals surface area contributed by atoms with E-state index in [1.807, 2.05) is 0 Å². The lowest BCUT2D eigenvalue weighted by molar-refractivity contribution is -0.144. The molecular formula is C16H13Cl2NO3. The first-order chi connectivity index (χ1) is 10.5. The average Bonchev–Trinajstić information content (AvgIpc) is 2.50. The second-order valence-electron chi connectivity index (χ2n) is 4.50. The summed E-state index contributed by atoms with van der Waals surface area (Å²) in [4.78, 5) is 15.0. The van der Waals surface area contributed by atoms with Crippen molar-refractivity contribution in [2.24, 2.45) is 4.99 Å². The molecule has 0 bridgehead atoms. The van der Waals surface area contributed by atoms with Gasteiger partial charge in [-0.15, -0.1) is 0 Å². The Labute approximate surface area is 138 Å². The molecule has 1 atom stereocenters. The van der Waals surface area contributed by atoms with Crippen molar-refractivity contribution in [3.05, 3.63) is 58.1 Å². The molecule has 0 amide bonds. The lowest BCUT2D eigenvalue weighted by Crippen LogP contribution is -2.22. The van der Waals surface area contributed by atoms with Gasteiger partial charge in [0, 0.05) is 6.21 Å². The molecule has 0 spiro atoms. The largest absolute Gasteiger partial charge is 0.479 e. The van der Waals surface area contributed by atoms with Crippen LogP contribution in [0.5, 0.6) is 5.75 Å². The van der Waals surface area contributed by atoms with E-state index in [4.69, 9.17) is 33.0 Å². The first kappa shape index (κ1) is 16.3. The maximum absolute atomic E-state index is 10.7. The summed E-state index contributed by atoms with van der Waals surface area (Å²) in [5.41, 5.74) is 1.40. The van der Waals surface area contributed by atoms with Crippen molar-refractivity contribution in [2.45, 2.75) is 13.0 Å². The second-order valence-corrected chi connectivity index (χ2v) is 5.28. The number of ether oxygens (including phenoxy) is 1. The van der Waals surface area contributed by atoms with Crippen molar-refractivity contribution in [1.29, 1.82) is 0 Å². The zero-order valence-corrected chi connectivity index (χ0v) is 13.2. The van der Waals surface area contributed by atoms with Crippen LogP contribution in [0.3, 0.4) is 0 Å². The van der Waals surface area contributed by atoms with Crippen molar-refractivity contribution in [1.82, 2.24) is 0 Å². The van der Waals surface area contributed by atoms with Gasteiger partial charge in [-0.05, 0) is 48.9 Å². The Balaban J connectivity index is 2.09. The summed E-state index contributed by atoms with van der Waals surface area (Å²) >= 11 is 12.0. The maximum atomic E-state index is 10.7. The summed E-state index contributed by atoms with van der Waals surface area (Å²) in [6, 6.07) is 12.1. The Morgan fingerprint density at radius 1 is 1.23 bits per heavy atom. The van der Waals surface area contributed by atoms with Gasteiger partial charge in [0.25, 0.3) is 0 Å². The molecule has 0 aliphatic carbocycles. The third-order valence-corrected chi connectivity index (χ3v) is 3.63. The number of hydrogen-bond acceptors (Lipinski definition) is 3. The Morgan fingerprint density at radius 3 is 2.55 bits per heavy atom. The van der Waals surface area contributed by atoms with Crippen LogP contribution in [0.1, 0.15) is 12.5 Å². The molecule has 0 saturated heterocycles. The van der Waals surface area contributed by atoms with Crippen molar-refractivity contribution in [3.63, 3.8) is 0 Å². The van der Waals surface area contributed by atoms with Crippen LogP contribution in [0.2, 0.25) is 10.0 Å². The molecule has 2 aromatic rings. The monoisotopic (exact) mass is 337 g/mol. The zero-order chi connectivity index (χ0) is 16.1. The fourth-order valence-corrected chi connectivity index (χ4v) is 1.97. The first-order valence-corrected chi connectivity index (χ1v) is 7.20. The molecule has 1 N–H and O–H groups in total. The van der Waals surface area contributed by atoms with Crippen LogP contribution < -0.4 is 4.74 Å². The molecule has 22 heavy (non-hydrogen) atoms. The average molecular weight is 338 g/mol. The highest BCUT2D eigenvalue weighted by Crippen LogP contribution is 2.31. The minimum atomic E-state index is -1.01. The van der Waals surface area contributed by atoms with Gasteiger partial charge in [-0.3, -0.25) is 4.99 Å². The number of rotatable bonds is 5. The molecule has 0 unspecified atom stereocenters. The van der Waals surface area contributed by atoms with Crippen molar-refractivity contribution < 1.29 is 14.6 Å². The van der Waals surface area contributed by atoms with Gasteiger partial charge in [0.05, 0.1) is 15.7 Å². The molecule has 0 aliphatic rings. The third kappa shape index (κ3) is 4.23. The molecule has 6 heteroatoms. The smallest absolute Gasteiger partial charge is 0.344 e. The number of benzene rings is 2. The number of carbonyl (C=O) groups is 1. The molecule has 0 radical (unpaired) electrons. The van der Waals surface area contributed by atoms with E-state index in [1.54, 1.807) is 48.7 Å². The fraction of sp³-hybridized carbons (Fsp3) is 0.125. The second kappa shape index (κ2) is 7.29. The highest BCUT2D eigenvalue weighted by molar-refractivity contribution is 6.43. The van der Waals surface area contributed by atoms with Gasteiger partial charge in [0.15, 0.2) is 6.10 Å². The predicted octanol–water partition coefficient (Wildman–Crippen LogP) is 4.60. The van der Waals surface area contributed by atoms with Gasteiger partial charge < -0.3 is 9.84 Å². The van der Waals surface area contributed by atoms with Gasteiger partial charge in [0.1, 0.15) is 5.75 Å². The van der Waals surface area contributed by atoms with E-state index in [2.05, 4.69) is 4.99 Å². The highest BCUT2D eigenvalue weighted by atomic mass is 35.5. The van der Waals surface area contributed by atoms with Crippen LogP contribution in [0.25, 0.3) is 0 Å². The molecular weight excluding hydrogens is 325 g/mol. The molecule has 0 aromatic heterocycles. The standard InChI is InChI=1S/C16H13Cl2NO3/c1-10(16(20)21)22-12-7-5-11(6-8-12)9-19-14-4-2-3-13(17)15(14)18/h2-10H,1H3,(H,20,21)/t10-/m0/s1. The van der Waals surface area contributed by atoms with Crippen LogP contribution in [0.4, 0.5) is 5.69 Å². The van der Waals surface area contributed by atoms with Crippen LogP contribution in [0, 0.1) is 0 Å². The topological polar surface area (TPSA) is 58.9 Å². The van der Waals surface area contributed by atoms with Crippen LogP contribution in [-0.4, -0.2) is 23.4 Å². The number of halogens is 2. The predicted molar refractivity (Wildman–Crippen MR) is 87.9 cm³/mol. The van der Waals surface area contributed by atoms with Gasteiger partial charge in [-0.2, -0.15) is 0 Å². The van der Waals surface area contributed by atoms with E-state index >= 15 is 0 Å². The molecule has 0 heterocycles. The van der Waals surface area contributed by atoms with Crippen molar-refractivity contribution in [3.8, 4) is 5.75 Å². The number of carboxylic acids is 1. The van der Waals surface area contributed by atoms with Crippen molar-refractivity contribution >= 4 is 41.1 Å². The number of carboxylic acid groups (broad SMARTS) is 1. The summed E-state index contributed by atoms with van der Waals surface area (Å²) in [5.74, 6) is -0.533. The quantitative estimate of drug-likeness (QED) is 0.811. The lowest BCUT2D eigenvalue weighted by atomic mass is 10.2. The molecule has 0 fully saturated rings. The van der Waals surface area contributed by atoms with E-state index in [0.717, 1.165) is 5.56 Å². The van der Waals surface area contributed by atoms with E-state index in [-0.39, 0.29) is 0 Å². The summed E-state index contributed by atoms with van der Waals surface area (Å²) in [7, 11) is 0. The number of aliphatic imine (C=N–C) groups is 1. The molecule has 2 rings (SSSR count). The number of hydrogen-bond donors (Lipinski definition) is 1. The minimum absolute atomic E-state index is 0.399. The highest BCUT2D eigenvalue weighted by Gasteiger charge is 2.11. The molecule has 0 saturated carbocycles. The molecule has 0 aliphatic heterocycles. The summed E-state index contributed by atoms with van der Waals surface area (Å²) < 4.78 is 5.25. The number of aliphatic carboxylic acids is 1. The van der Waals surface area contributed by atoms with Crippen LogP contribution in [-0.2, 0) is 4.79 Å². The van der Waals surface area contributed by atoms with Gasteiger partial charge >= 0.3 is 5.97 Å². The Bertz CT molecular complexity index is 699. The first-order valence-electron chi connectivity index (χ1n) is 6.45. The lowest BCUT2D eigenvalue weighted by Gasteiger charge is -2.09. The van der Waals surface area contributed by atoms with E-state index in [1.165, 1.54) is 6.92 Å². The molecule has 114 valence electrons. The third-order valence-electron chi connectivity index (χ3n) is 2.82. The van der Waals surface area contributed by atoms with E-state index in [9.17, 15) is 4.79 Å². The summed E-state index contributed by atoms with van der Waals surface area (Å²) in [6.45, 7) is 1.47. The Morgan fingerprint density at radius 2 is 1.91 bits per heavy atom. The summed E-state index contributed by atoms with van der Waals surface area (Å²) in [5, 5.41) is 9.63. The Hall–Kier alpha value is -2.04. The van der Waals surface area contributed by atoms with Crippen LogP contribution in [0.15, 0.2) is 47.5 Å². The van der Waals surface area contributed by atoms with Crippen molar-refractivity contribution in [2.75, 3.05) is 0 Å². The SMILES string of the molecule is C[C@H](Oc1ccc(C=Nc2cccc(Cl)c2Cl)cc1)C(=O)O. The number of nitrogens with zero attached hydrogens (tertiary/aromatic N) is 1. The molecule has 4 nitrogen and oxygen atoms in total. The minimum Gasteiger partial charge on any atom is -0.479 e. The van der Waals surface area contributed by atoms with Gasteiger partial charge in [0.2, 0.25) is 0 Å².